The third-order valence-corrected chi connectivity index (χ3v) is 3.11. The van der Waals surface area contributed by atoms with E-state index < -0.39 is 16.4 Å². The molecule has 4 nitrogen and oxygen atoms in total. The molecular weight excluding hydrogens is 249 g/mol. The van der Waals surface area contributed by atoms with Crippen LogP contribution in [0.1, 0.15) is 32.1 Å². The summed E-state index contributed by atoms with van der Waals surface area (Å²) in [7, 11) is 0. The Hall–Kier alpha value is -1.91. The van der Waals surface area contributed by atoms with Crippen molar-refractivity contribution in [3.8, 4) is 5.75 Å². The molecule has 0 radical (unpaired) electrons. The van der Waals surface area contributed by atoms with Gasteiger partial charge in [-0.1, -0.05) is 12.5 Å². The van der Waals surface area contributed by atoms with Crippen LogP contribution in [0.3, 0.4) is 0 Å². The maximum atomic E-state index is 13.5. The van der Waals surface area contributed by atoms with Crippen LogP contribution in [0.15, 0.2) is 30.4 Å². The smallest absolute Gasteiger partial charge is 0.305 e. The van der Waals surface area contributed by atoms with Crippen molar-refractivity contribution in [3.63, 3.8) is 0 Å². The first-order valence-electron chi connectivity index (χ1n) is 6.44. The number of rotatable bonds is 3. The van der Waals surface area contributed by atoms with Crippen molar-refractivity contribution in [3.05, 3.63) is 46.3 Å². The Balaban J connectivity index is 2.07. The van der Waals surface area contributed by atoms with Crippen LogP contribution >= 0.6 is 0 Å². The first kappa shape index (κ1) is 13.5. The summed E-state index contributed by atoms with van der Waals surface area (Å²) >= 11 is 0. The zero-order valence-corrected chi connectivity index (χ0v) is 10.5. The van der Waals surface area contributed by atoms with Gasteiger partial charge in [0.25, 0.3) is 0 Å². The highest BCUT2D eigenvalue weighted by Gasteiger charge is 2.16. The molecule has 1 atom stereocenters. The number of ether oxygens (including phenoxy) is 1. The number of hydrogen-bond acceptors (Lipinski definition) is 3. The normalized spacial score (nSPS) is 21.2. The molecule has 0 saturated heterocycles. The van der Waals surface area contributed by atoms with Crippen molar-refractivity contribution in [2.75, 3.05) is 0 Å². The van der Waals surface area contributed by atoms with E-state index in [1.807, 2.05) is 6.08 Å². The lowest BCUT2D eigenvalue weighted by atomic mass is 10.0. The van der Waals surface area contributed by atoms with Crippen LogP contribution in [0.25, 0.3) is 0 Å². The second-order valence-corrected chi connectivity index (χ2v) is 4.59. The molecule has 1 unspecified atom stereocenters. The Labute approximate surface area is 111 Å². The van der Waals surface area contributed by atoms with Crippen molar-refractivity contribution in [2.45, 2.75) is 38.2 Å². The summed E-state index contributed by atoms with van der Waals surface area (Å²) < 4.78 is 19.1. The lowest BCUT2D eigenvalue weighted by Crippen LogP contribution is -2.14. The maximum absolute atomic E-state index is 13.5. The van der Waals surface area contributed by atoms with Gasteiger partial charge < -0.3 is 4.74 Å². The monoisotopic (exact) mass is 265 g/mol. The summed E-state index contributed by atoms with van der Waals surface area (Å²) in [6.07, 6.45) is 9.33. The van der Waals surface area contributed by atoms with Crippen molar-refractivity contribution < 1.29 is 14.1 Å². The second kappa shape index (κ2) is 6.31. The first-order chi connectivity index (χ1) is 9.16. The fourth-order valence-corrected chi connectivity index (χ4v) is 2.11. The summed E-state index contributed by atoms with van der Waals surface area (Å²) in [6.45, 7) is 0. The summed E-state index contributed by atoms with van der Waals surface area (Å²) in [6, 6.07) is 3.65. The molecule has 0 heterocycles. The summed E-state index contributed by atoms with van der Waals surface area (Å²) in [5.74, 6) is -0.532. The van der Waals surface area contributed by atoms with E-state index >= 15 is 0 Å². The molecule has 1 aromatic carbocycles. The molecule has 1 aliphatic rings. The summed E-state index contributed by atoms with van der Waals surface area (Å²) in [4.78, 5) is 9.78. The van der Waals surface area contributed by atoms with Crippen LogP contribution in [-0.2, 0) is 0 Å². The van der Waals surface area contributed by atoms with Crippen molar-refractivity contribution in [1.82, 2.24) is 0 Å². The topological polar surface area (TPSA) is 52.4 Å². The predicted octanol–water partition coefficient (Wildman–Crippen LogP) is 4.00. The fraction of sp³-hybridized carbons (Fsp3) is 0.429. The van der Waals surface area contributed by atoms with Crippen LogP contribution in [0.4, 0.5) is 10.1 Å². The Morgan fingerprint density at radius 3 is 2.89 bits per heavy atom. The van der Waals surface area contributed by atoms with Crippen LogP contribution in [0.2, 0.25) is 0 Å². The molecule has 0 aliphatic heterocycles. The van der Waals surface area contributed by atoms with Crippen molar-refractivity contribution in [2.24, 2.45) is 0 Å². The molecule has 0 N–H and O–H groups in total. The zero-order chi connectivity index (χ0) is 13.7. The Morgan fingerprint density at radius 2 is 2.16 bits per heavy atom. The number of benzene rings is 1. The maximum Gasteiger partial charge on any atom is 0.305 e. The van der Waals surface area contributed by atoms with Gasteiger partial charge in [-0.25, -0.2) is 0 Å². The van der Waals surface area contributed by atoms with Crippen molar-refractivity contribution in [1.29, 1.82) is 0 Å². The van der Waals surface area contributed by atoms with Crippen LogP contribution in [0.5, 0.6) is 5.75 Å². The van der Waals surface area contributed by atoms with E-state index in [1.54, 1.807) is 0 Å². The SMILES string of the molecule is O=[N+]([O-])c1ccc(OC2/C=C/CCCCC2)cc1F. The average molecular weight is 265 g/mol. The molecule has 1 aromatic rings. The van der Waals surface area contributed by atoms with E-state index in [0.29, 0.717) is 5.75 Å². The quantitative estimate of drug-likeness (QED) is 0.471. The molecule has 0 aromatic heterocycles. The van der Waals surface area contributed by atoms with Gasteiger partial charge in [-0.15, -0.1) is 0 Å². The van der Waals surface area contributed by atoms with Gasteiger partial charge in [0.1, 0.15) is 11.9 Å². The average Bonchev–Trinajstić information content (AvgIpc) is 2.32. The van der Waals surface area contributed by atoms with Gasteiger partial charge >= 0.3 is 5.69 Å². The van der Waals surface area contributed by atoms with E-state index in [0.717, 1.165) is 31.4 Å². The van der Waals surface area contributed by atoms with Gasteiger partial charge in [-0.05, 0) is 37.8 Å². The van der Waals surface area contributed by atoms with Crippen LogP contribution in [-0.4, -0.2) is 11.0 Å². The minimum atomic E-state index is -0.864. The molecule has 2 rings (SSSR count). The van der Waals surface area contributed by atoms with Crippen molar-refractivity contribution >= 4 is 5.69 Å². The van der Waals surface area contributed by atoms with E-state index in [9.17, 15) is 14.5 Å². The number of hydrogen-bond donors (Lipinski definition) is 0. The molecule has 1 aliphatic carbocycles. The van der Waals surface area contributed by atoms with Gasteiger partial charge in [0, 0.05) is 12.1 Å². The third kappa shape index (κ3) is 3.77. The Kier molecular flexibility index (Phi) is 4.49. The largest absolute Gasteiger partial charge is 0.486 e. The highest BCUT2D eigenvalue weighted by Crippen LogP contribution is 2.24. The molecule has 19 heavy (non-hydrogen) atoms. The number of halogens is 1. The minimum absolute atomic E-state index is 0.0823. The number of nitro benzene ring substituents is 1. The highest BCUT2D eigenvalue weighted by molar-refractivity contribution is 5.38. The van der Waals surface area contributed by atoms with Gasteiger partial charge in [0.05, 0.1) is 4.92 Å². The number of allylic oxidation sites excluding steroid dienone is 1. The Morgan fingerprint density at radius 1 is 1.32 bits per heavy atom. The van der Waals surface area contributed by atoms with E-state index in [4.69, 9.17) is 4.74 Å². The lowest BCUT2D eigenvalue weighted by Gasteiger charge is -2.17. The molecule has 0 spiro atoms. The van der Waals surface area contributed by atoms with Crippen LogP contribution < -0.4 is 4.74 Å². The third-order valence-electron chi connectivity index (χ3n) is 3.11. The van der Waals surface area contributed by atoms with Gasteiger partial charge in [-0.3, -0.25) is 10.1 Å². The molecule has 0 saturated carbocycles. The molecule has 0 amide bonds. The van der Waals surface area contributed by atoms with Gasteiger partial charge in [0.2, 0.25) is 5.82 Å². The summed E-state index contributed by atoms with van der Waals surface area (Å²) in [5.41, 5.74) is -0.527. The molecule has 0 fully saturated rings. The standard InChI is InChI=1S/C14H16FNO3/c15-13-10-12(8-9-14(13)16(17)18)19-11-6-4-2-1-3-5-7-11/h4,6,8-11H,1-3,5,7H2/b6-4+. The molecule has 102 valence electrons. The van der Waals surface area contributed by atoms with E-state index in [2.05, 4.69) is 6.08 Å². The number of nitro groups is 1. The number of nitrogens with zero attached hydrogens (tertiary/aromatic N) is 1. The Bertz CT molecular complexity index is 488. The minimum Gasteiger partial charge on any atom is -0.486 e. The van der Waals surface area contributed by atoms with Crippen LogP contribution in [0, 0.1) is 15.9 Å². The molecular formula is C14H16FNO3. The predicted molar refractivity (Wildman–Crippen MR) is 69.7 cm³/mol. The van der Waals surface area contributed by atoms with Gasteiger partial charge in [-0.2, -0.15) is 4.39 Å². The molecule has 5 heteroatoms. The molecule has 0 bridgehead atoms. The van der Waals surface area contributed by atoms with Gasteiger partial charge in [0.15, 0.2) is 0 Å². The van der Waals surface area contributed by atoms with E-state index in [1.165, 1.54) is 18.9 Å². The first-order valence-corrected chi connectivity index (χ1v) is 6.44. The summed E-state index contributed by atoms with van der Waals surface area (Å²) in [5, 5.41) is 10.5. The lowest BCUT2D eigenvalue weighted by molar-refractivity contribution is -0.387. The van der Waals surface area contributed by atoms with E-state index in [-0.39, 0.29) is 6.10 Å². The highest BCUT2D eigenvalue weighted by atomic mass is 19.1. The fourth-order valence-electron chi connectivity index (χ4n) is 2.11. The zero-order valence-electron chi connectivity index (χ0n) is 10.5. The second-order valence-electron chi connectivity index (χ2n) is 4.59.